The number of aliphatic hydroxyl groups is 1. The Morgan fingerprint density at radius 1 is 1.45 bits per heavy atom. The van der Waals surface area contributed by atoms with Crippen LogP contribution < -0.4 is 4.72 Å². The van der Waals surface area contributed by atoms with Gasteiger partial charge in [-0.25, -0.2) is 4.98 Å². The number of rotatable bonds is 4. The first-order valence-corrected chi connectivity index (χ1v) is 8.24. The molecule has 0 radical (unpaired) electrons. The van der Waals surface area contributed by atoms with Crippen molar-refractivity contribution in [1.82, 2.24) is 9.97 Å². The number of hydrogen-bond donors (Lipinski definition) is 3. The first-order valence-electron chi connectivity index (χ1n) is 6.61. The zero-order valence-corrected chi connectivity index (χ0v) is 13.7. The summed E-state index contributed by atoms with van der Waals surface area (Å²) in [6.07, 6.45) is 3.45. The molecule has 0 saturated carbocycles. The molecule has 0 unspecified atom stereocenters. The van der Waals surface area contributed by atoms with E-state index < -0.39 is 5.60 Å². The number of thiazole rings is 1. The van der Waals surface area contributed by atoms with Gasteiger partial charge in [0.2, 0.25) is 0 Å². The maximum atomic E-state index is 9.94. The first kappa shape index (κ1) is 14.9. The number of aromatic nitrogens is 2. The lowest BCUT2D eigenvalue weighted by Crippen LogP contribution is -2.14. The van der Waals surface area contributed by atoms with Gasteiger partial charge < -0.3 is 14.8 Å². The lowest BCUT2D eigenvalue weighted by atomic mass is 10.2. The molecule has 0 spiro atoms. The van der Waals surface area contributed by atoms with Crippen LogP contribution in [0.3, 0.4) is 0 Å². The monoisotopic (exact) mass is 330 g/mol. The summed E-state index contributed by atoms with van der Waals surface area (Å²) in [5, 5.41) is 20.6. The first-order chi connectivity index (χ1) is 10.5. The molecule has 0 aliphatic heterocycles. The highest BCUT2D eigenvalue weighted by Crippen LogP contribution is 2.33. The van der Waals surface area contributed by atoms with Crippen molar-refractivity contribution in [3.8, 4) is 6.07 Å². The average molecular weight is 330 g/mol. The third-order valence-electron chi connectivity index (χ3n) is 3.11. The summed E-state index contributed by atoms with van der Waals surface area (Å²) >= 11 is 2.89. The predicted molar refractivity (Wildman–Crippen MR) is 89.9 cm³/mol. The van der Waals surface area contributed by atoms with E-state index in [9.17, 15) is 5.11 Å². The van der Waals surface area contributed by atoms with Gasteiger partial charge in [-0.2, -0.15) is 5.26 Å². The molecule has 0 aliphatic rings. The third-order valence-corrected chi connectivity index (χ3v) is 5.34. The summed E-state index contributed by atoms with van der Waals surface area (Å²) in [5.74, 6) is 0. The fraction of sp³-hybridized carbons (Fsp3) is 0.200. The van der Waals surface area contributed by atoms with E-state index in [4.69, 9.17) is 5.26 Å². The van der Waals surface area contributed by atoms with Gasteiger partial charge in [0.1, 0.15) is 20.9 Å². The maximum Gasteiger partial charge on any atom is 0.125 e. The summed E-state index contributed by atoms with van der Waals surface area (Å²) in [7, 11) is 0. The van der Waals surface area contributed by atoms with E-state index in [0.29, 0.717) is 10.6 Å². The number of anilines is 1. The third kappa shape index (κ3) is 2.81. The molecule has 3 rings (SSSR count). The van der Waals surface area contributed by atoms with Crippen molar-refractivity contribution in [3.05, 3.63) is 41.2 Å². The van der Waals surface area contributed by atoms with E-state index in [1.807, 2.05) is 18.2 Å². The molecule has 112 valence electrons. The minimum Gasteiger partial charge on any atom is -0.383 e. The van der Waals surface area contributed by atoms with Crippen LogP contribution in [0.4, 0.5) is 5.69 Å². The molecule has 0 amide bonds. The molecule has 22 heavy (non-hydrogen) atoms. The number of nitriles is 1. The van der Waals surface area contributed by atoms with Crippen LogP contribution in [0.5, 0.6) is 0 Å². The van der Waals surface area contributed by atoms with E-state index in [1.165, 1.54) is 23.3 Å². The zero-order chi connectivity index (χ0) is 15.7. The lowest BCUT2D eigenvalue weighted by molar-refractivity contribution is 0.0783. The van der Waals surface area contributed by atoms with Crippen molar-refractivity contribution < 1.29 is 5.11 Å². The molecule has 0 atom stereocenters. The van der Waals surface area contributed by atoms with Crippen molar-refractivity contribution in [2.45, 2.75) is 23.7 Å². The lowest BCUT2D eigenvalue weighted by Gasteiger charge is -2.12. The SMILES string of the molecule is CC(C)(O)c1ncc(SNc2cccc3c(C#N)c[nH]c23)s1. The fourth-order valence-electron chi connectivity index (χ4n) is 2.03. The van der Waals surface area contributed by atoms with Crippen LogP contribution in [0.15, 0.2) is 34.8 Å². The highest BCUT2D eigenvalue weighted by Gasteiger charge is 2.20. The van der Waals surface area contributed by atoms with Crippen LogP contribution in [0, 0.1) is 11.3 Å². The Morgan fingerprint density at radius 3 is 2.95 bits per heavy atom. The maximum absolute atomic E-state index is 9.94. The van der Waals surface area contributed by atoms with Crippen molar-refractivity contribution in [3.63, 3.8) is 0 Å². The molecule has 1 aromatic carbocycles. The summed E-state index contributed by atoms with van der Waals surface area (Å²) in [6.45, 7) is 3.44. The van der Waals surface area contributed by atoms with Gasteiger partial charge in [0.15, 0.2) is 0 Å². The summed E-state index contributed by atoms with van der Waals surface area (Å²) in [4.78, 5) is 7.36. The largest absolute Gasteiger partial charge is 0.383 e. The van der Waals surface area contributed by atoms with Crippen molar-refractivity contribution >= 4 is 39.9 Å². The van der Waals surface area contributed by atoms with E-state index >= 15 is 0 Å². The summed E-state index contributed by atoms with van der Waals surface area (Å²) in [5.41, 5.74) is 1.51. The number of para-hydroxylation sites is 1. The number of hydrogen-bond acceptors (Lipinski definition) is 6. The standard InChI is InChI=1S/C15H14N4OS2/c1-15(2,20)14-18-8-12(21-14)22-19-11-5-3-4-10-9(6-16)7-17-13(10)11/h3-5,7-8,17,19-20H,1-2H3. The Bertz CT molecular complexity index is 854. The molecule has 2 aromatic heterocycles. The van der Waals surface area contributed by atoms with Crippen molar-refractivity contribution in [2.24, 2.45) is 0 Å². The molecule has 0 fully saturated rings. The number of nitrogens with one attached hydrogen (secondary N) is 2. The second-order valence-corrected chi connectivity index (χ2v) is 7.43. The van der Waals surface area contributed by atoms with Gasteiger partial charge in [-0.3, -0.25) is 0 Å². The van der Waals surface area contributed by atoms with Crippen LogP contribution in [-0.4, -0.2) is 15.1 Å². The van der Waals surface area contributed by atoms with Crippen LogP contribution >= 0.6 is 23.3 Å². The zero-order valence-electron chi connectivity index (χ0n) is 12.0. The smallest absolute Gasteiger partial charge is 0.125 e. The molecule has 0 saturated heterocycles. The number of aromatic amines is 1. The Hall–Kier alpha value is -2.01. The molecule has 0 bridgehead atoms. The average Bonchev–Trinajstić information content (AvgIpc) is 3.11. The minimum absolute atomic E-state index is 0.630. The summed E-state index contributed by atoms with van der Waals surface area (Å²) < 4.78 is 4.23. The van der Waals surface area contributed by atoms with Crippen molar-refractivity contribution in [1.29, 1.82) is 5.26 Å². The number of H-pyrrole nitrogens is 1. The van der Waals surface area contributed by atoms with Crippen molar-refractivity contribution in [2.75, 3.05) is 4.72 Å². The highest BCUT2D eigenvalue weighted by molar-refractivity contribution is 8.02. The normalized spacial score (nSPS) is 11.5. The number of benzene rings is 1. The van der Waals surface area contributed by atoms with Gasteiger partial charge in [0.25, 0.3) is 0 Å². The molecule has 3 N–H and O–H groups in total. The van der Waals surface area contributed by atoms with Crippen LogP contribution in [0.25, 0.3) is 10.9 Å². The van der Waals surface area contributed by atoms with Gasteiger partial charge in [-0.15, -0.1) is 11.3 Å². The van der Waals surface area contributed by atoms with E-state index in [1.54, 1.807) is 26.2 Å². The molecule has 2 heterocycles. The quantitative estimate of drug-likeness (QED) is 0.633. The Kier molecular flexibility index (Phi) is 3.83. The second kappa shape index (κ2) is 5.65. The Morgan fingerprint density at radius 2 is 2.27 bits per heavy atom. The topological polar surface area (TPSA) is 84.7 Å². The molecule has 7 heteroatoms. The molecule has 5 nitrogen and oxygen atoms in total. The van der Waals surface area contributed by atoms with Gasteiger partial charge >= 0.3 is 0 Å². The highest BCUT2D eigenvalue weighted by atomic mass is 32.2. The molecular weight excluding hydrogens is 316 g/mol. The minimum atomic E-state index is -0.926. The van der Waals surface area contributed by atoms with Gasteiger partial charge in [-0.05, 0) is 31.9 Å². The summed E-state index contributed by atoms with van der Waals surface area (Å²) in [6, 6.07) is 7.95. The Balaban J connectivity index is 1.81. The van der Waals surface area contributed by atoms with Crippen LogP contribution in [-0.2, 0) is 5.60 Å². The second-order valence-electron chi connectivity index (χ2n) is 5.29. The molecule has 3 aromatic rings. The van der Waals surface area contributed by atoms with Crippen LogP contribution in [0.2, 0.25) is 0 Å². The molecule has 0 aliphatic carbocycles. The van der Waals surface area contributed by atoms with Gasteiger partial charge in [0.05, 0.1) is 23.0 Å². The Labute approximate surface area is 136 Å². The number of nitrogens with zero attached hydrogens (tertiary/aromatic N) is 2. The van der Waals surface area contributed by atoms with Crippen LogP contribution in [0.1, 0.15) is 24.4 Å². The van der Waals surface area contributed by atoms with E-state index in [-0.39, 0.29) is 0 Å². The fourth-order valence-corrected chi connectivity index (χ4v) is 3.69. The van der Waals surface area contributed by atoms with Gasteiger partial charge in [-0.1, -0.05) is 12.1 Å². The number of fused-ring (bicyclic) bond motifs is 1. The predicted octanol–water partition coefficient (Wildman–Crippen LogP) is 3.84. The van der Waals surface area contributed by atoms with E-state index in [0.717, 1.165) is 20.8 Å². The van der Waals surface area contributed by atoms with E-state index in [2.05, 4.69) is 20.8 Å². The molecular formula is C15H14N4OS2. The van der Waals surface area contributed by atoms with Gasteiger partial charge in [0, 0.05) is 11.6 Å².